The van der Waals surface area contributed by atoms with Gasteiger partial charge in [-0.25, -0.2) is 0 Å². The molecule has 0 spiro atoms. The third-order valence-electron chi connectivity index (χ3n) is 3.81. The number of benzene rings is 1. The van der Waals surface area contributed by atoms with Crippen LogP contribution >= 0.6 is 34.7 Å². The number of likely N-dealkylation sites (N-methyl/N-ethyl adjacent to an activating group) is 1. The summed E-state index contributed by atoms with van der Waals surface area (Å²) < 4.78 is 0.714. The number of halogens is 1. The maximum absolute atomic E-state index is 12.7. The highest BCUT2D eigenvalue weighted by atomic mass is 35.5. The van der Waals surface area contributed by atoms with Crippen molar-refractivity contribution in [2.75, 3.05) is 23.7 Å². The van der Waals surface area contributed by atoms with Crippen LogP contribution < -0.4 is 4.90 Å². The molecular formula is C17H17ClN2O2S2. The summed E-state index contributed by atoms with van der Waals surface area (Å²) >= 11 is 8.95. The van der Waals surface area contributed by atoms with Gasteiger partial charge in [-0.05, 0) is 31.2 Å². The fourth-order valence-electron chi connectivity index (χ4n) is 2.56. The molecule has 0 unspecified atom stereocenters. The fraction of sp³-hybridized carbons (Fsp3) is 0.294. The van der Waals surface area contributed by atoms with Crippen LogP contribution in [0.2, 0.25) is 4.34 Å². The molecule has 126 valence electrons. The van der Waals surface area contributed by atoms with E-state index in [0.29, 0.717) is 23.2 Å². The second-order valence-electron chi connectivity index (χ2n) is 5.35. The van der Waals surface area contributed by atoms with Gasteiger partial charge < -0.3 is 9.80 Å². The number of carbonyl (C=O) groups excluding carboxylic acids is 2. The first-order valence-electron chi connectivity index (χ1n) is 7.62. The lowest BCUT2D eigenvalue weighted by molar-refractivity contribution is -0.131. The van der Waals surface area contributed by atoms with Crippen molar-refractivity contribution in [2.24, 2.45) is 0 Å². The Morgan fingerprint density at radius 1 is 1.29 bits per heavy atom. The van der Waals surface area contributed by atoms with Gasteiger partial charge in [-0.2, -0.15) is 0 Å². The molecule has 1 aliphatic rings. The van der Waals surface area contributed by atoms with Crippen molar-refractivity contribution in [2.45, 2.75) is 18.4 Å². The number of carbonyl (C=O) groups is 2. The molecule has 1 aliphatic heterocycles. The van der Waals surface area contributed by atoms with E-state index in [1.165, 1.54) is 23.1 Å². The quantitative estimate of drug-likeness (QED) is 0.790. The van der Waals surface area contributed by atoms with Crippen LogP contribution in [0.5, 0.6) is 0 Å². The molecule has 0 atom stereocenters. The van der Waals surface area contributed by atoms with Gasteiger partial charge >= 0.3 is 0 Å². The number of rotatable bonds is 5. The minimum absolute atomic E-state index is 0.0257. The van der Waals surface area contributed by atoms with E-state index in [2.05, 4.69) is 0 Å². The maximum atomic E-state index is 12.7. The summed E-state index contributed by atoms with van der Waals surface area (Å²) in [7, 11) is 0. The SMILES string of the molecule is CCN(Cc1ccc(Cl)s1)C(=O)CN1C(=O)CSc2ccccc21. The zero-order chi connectivity index (χ0) is 17.1. The van der Waals surface area contributed by atoms with Gasteiger partial charge in [-0.3, -0.25) is 9.59 Å². The average molecular weight is 381 g/mol. The summed E-state index contributed by atoms with van der Waals surface area (Å²) in [6.07, 6.45) is 0. The van der Waals surface area contributed by atoms with Crippen molar-refractivity contribution in [3.63, 3.8) is 0 Å². The molecule has 1 aromatic heterocycles. The topological polar surface area (TPSA) is 40.6 Å². The Morgan fingerprint density at radius 3 is 2.79 bits per heavy atom. The molecule has 0 fully saturated rings. The molecule has 1 aromatic carbocycles. The Kier molecular flexibility index (Phi) is 5.48. The van der Waals surface area contributed by atoms with Gasteiger partial charge in [0.05, 0.1) is 22.3 Å². The number of hydrogen-bond donors (Lipinski definition) is 0. The standard InChI is InChI=1S/C17H17ClN2O2S2/c1-2-19(9-12-7-8-15(18)24-12)16(21)10-20-13-5-3-4-6-14(13)23-11-17(20)22/h3-8H,2,9-11H2,1H3. The van der Waals surface area contributed by atoms with Crippen LogP contribution in [0.4, 0.5) is 5.69 Å². The van der Waals surface area contributed by atoms with E-state index in [1.54, 1.807) is 9.80 Å². The van der Waals surface area contributed by atoms with Crippen molar-refractivity contribution in [1.82, 2.24) is 4.90 Å². The number of thiophene rings is 1. The number of para-hydroxylation sites is 1. The second kappa shape index (κ2) is 7.59. The first-order valence-corrected chi connectivity index (χ1v) is 9.80. The Hall–Kier alpha value is -1.50. The van der Waals surface area contributed by atoms with Crippen molar-refractivity contribution < 1.29 is 9.59 Å². The number of anilines is 1. The molecule has 0 saturated carbocycles. The maximum Gasteiger partial charge on any atom is 0.242 e. The summed E-state index contributed by atoms with van der Waals surface area (Å²) in [5.74, 6) is 0.288. The number of fused-ring (bicyclic) bond motifs is 1. The molecule has 0 radical (unpaired) electrons. The van der Waals surface area contributed by atoms with Crippen molar-refractivity contribution >= 4 is 52.2 Å². The molecule has 0 bridgehead atoms. The summed E-state index contributed by atoms with van der Waals surface area (Å²) in [6.45, 7) is 3.12. The zero-order valence-corrected chi connectivity index (χ0v) is 15.6. The first kappa shape index (κ1) is 17.3. The van der Waals surface area contributed by atoms with E-state index in [4.69, 9.17) is 11.6 Å². The van der Waals surface area contributed by atoms with Crippen LogP contribution in [-0.2, 0) is 16.1 Å². The molecule has 2 heterocycles. The van der Waals surface area contributed by atoms with Gasteiger partial charge in [-0.15, -0.1) is 23.1 Å². The zero-order valence-electron chi connectivity index (χ0n) is 13.2. The number of amides is 2. The Morgan fingerprint density at radius 2 is 2.08 bits per heavy atom. The van der Waals surface area contributed by atoms with Crippen LogP contribution in [0.3, 0.4) is 0 Å². The molecule has 7 heteroatoms. The summed E-state index contributed by atoms with van der Waals surface area (Å²) in [5.41, 5.74) is 0.822. The van der Waals surface area contributed by atoms with Crippen LogP contribution in [0, 0.1) is 0 Å². The highest BCUT2D eigenvalue weighted by Gasteiger charge is 2.27. The number of hydrogen-bond acceptors (Lipinski definition) is 4. The predicted molar refractivity (Wildman–Crippen MR) is 99.9 cm³/mol. The second-order valence-corrected chi connectivity index (χ2v) is 8.17. The smallest absolute Gasteiger partial charge is 0.242 e. The molecule has 0 aliphatic carbocycles. The van der Waals surface area contributed by atoms with Crippen molar-refractivity contribution in [3.8, 4) is 0 Å². The highest BCUT2D eigenvalue weighted by molar-refractivity contribution is 8.00. The minimum Gasteiger partial charge on any atom is -0.336 e. The molecule has 24 heavy (non-hydrogen) atoms. The largest absolute Gasteiger partial charge is 0.336 e. The summed E-state index contributed by atoms with van der Waals surface area (Å²) in [5, 5.41) is 0. The fourth-order valence-corrected chi connectivity index (χ4v) is 4.60. The van der Waals surface area contributed by atoms with E-state index in [9.17, 15) is 9.59 Å². The lowest BCUT2D eigenvalue weighted by Crippen LogP contribution is -2.44. The van der Waals surface area contributed by atoms with E-state index >= 15 is 0 Å². The molecule has 0 N–H and O–H groups in total. The minimum atomic E-state index is -0.0583. The molecule has 4 nitrogen and oxygen atoms in total. The average Bonchev–Trinajstić information content (AvgIpc) is 3.00. The van der Waals surface area contributed by atoms with E-state index in [1.807, 2.05) is 43.3 Å². The van der Waals surface area contributed by atoms with Gasteiger partial charge in [0.2, 0.25) is 11.8 Å². The molecule has 2 aromatic rings. The Balaban J connectivity index is 1.74. The van der Waals surface area contributed by atoms with Crippen molar-refractivity contribution in [1.29, 1.82) is 0 Å². The molecule has 0 saturated heterocycles. The van der Waals surface area contributed by atoms with Gasteiger partial charge in [-0.1, -0.05) is 23.7 Å². The molecular weight excluding hydrogens is 364 g/mol. The third-order valence-corrected chi connectivity index (χ3v) is 6.08. The lowest BCUT2D eigenvalue weighted by atomic mass is 10.2. The first-order chi connectivity index (χ1) is 11.6. The van der Waals surface area contributed by atoms with Gasteiger partial charge in [0, 0.05) is 16.3 Å². The van der Waals surface area contributed by atoms with Crippen LogP contribution in [-0.4, -0.2) is 35.6 Å². The van der Waals surface area contributed by atoms with Crippen LogP contribution in [0.25, 0.3) is 0 Å². The number of thioether (sulfide) groups is 1. The van der Waals surface area contributed by atoms with Crippen LogP contribution in [0.15, 0.2) is 41.3 Å². The van der Waals surface area contributed by atoms with Crippen LogP contribution in [0.1, 0.15) is 11.8 Å². The summed E-state index contributed by atoms with van der Waals surface area (Å²) in [4.78, 5) is 30.4. The Labute approximate surface area is 154 Å². The van der Waals surface area contributed by atoms with Gasteiger partial charge in [0.15, 0.2) is 0 Å². The monoisotopic (exact) mass is 380 g/mol. The molecule has 3 rings (SSSR count). The summed E-state index contributed by atoms with van der Waals surface area (Å²) in [6, 6.07) is 11.5. The normalized spacial score (nSPS) is 13.8. The van der Waals surface area contributed by atoms with E-state index < -0.39 is 0 Å². The third kappa shape index (κ3) is 3.77. The number of nitrogens with zero attached hydrogens (tertiary/aromatic N) is 2. The van der Waals surface area contributed by atoms with Gasteiger partial charge in [0.1, 0.15) is 6.54 Å². The Bertz CT molecular complexity index is 763. The predicted octanol–water partition coefficient (Wildman–Crippen LogP) is 3.89. The van der Waals surface area contributed by atoms with Crippen molar-refractivity contribution in [3.05, 3.63) is 45.6 Å². The molecule has 2 amide bonds. The van der Waals surface area contributed by atoms with Gasteiger partial charge in [0.25, 0.3) is 0 Å². The highest BCUT2D eigenvalue weighted by Crippen LogP contribution is 2.34. The lowest BCUT2D eigenvalue weighted by Gasteiger charge is -2.30. The van der Waals surface area contributed by atoms with E-state index in [0.717, 1.165) is 15.5 Å². The van der Waals surface area contributed by atoms with E-state index in [-0.39, 0.29) is 18.4 Å².